The zero-order chi connectivity index (χ0) is 13.8. The Bertz CT molecular complexity index is 453. The summed E-state index contributed by atoms with van der Waals surface area (Å²) in [4.78, 5) is 13.7. The van der Waals surface area contributed by atoms with Crippen molar-refractivity contribution in [2.24, 2.45) is 0 Å². The van der Waals surface area contributed by atoms with Crippen LogP contribution in [0.5, 0.6) is 0 Å². The van der Waals surface area contributed by atoms with Gasteiger partial charge in [0.1, 0.15) is 0 Å². The summed E-state index contributed by atoms with van der Waals surface area (Å²) in [6.45, 7) is 3.87. The van der Waals surface area contributed by atoms with Gasteiger partial charge in [-0.05, 0) is 35.0 Å². The van der Waals surface area contributed by atoms with E-state index in [9.17, 15) is 4.79 Å². The Balaban J connectivity index is 2.10. The molecule has 1 aromatic rings. The fraction of sp³-hybridized carbons (Fsp3) is 0.500. The van der Waals surface area contributed by atoms with E-state index in [0.29, 0.717) is 12.5 Å². The van der Waals surface area contributed by atoms with Gasteiger partial charge in [-0.1, -0.05) is 12.1 Å². The third-order valence-electron chi connectivity index (χ3n) is 3.29. The lowest BCUT2D eigenvalue weighted by atomic mass is 10.1. The van der Waals surface area contributed by atoms with Crippen LogP contribution in [0, 0.1) is 0 Å². The van der Waals surface area contributed by atoms with Crippen LogP contribution in [0.25, 0.3) is 0 Å². The van der Waals surface area contributed by atoms with Gasteiger partial charge in [-0.2, -0.15) is 0 Å². The molecule has 2 unspecified atom stereocenters. The van der Waals surface area contributed by atoms with Crippen LogP contribution in [0.4, 0.5) is 5.69 Å². The van der Waals surface area contributed by atoms with E-state index in [-0.39, 0.29) is 12.0 Å². The van der Waals surface area contributed by atoms with Crippen molar-refractivity contribution in [1.82, 2.24) is 5.32 Å². The van der Waals surface area contributed by atoms with Gasteiger partial charge in [0.2, 0.25) is 0 Å². The predicted octanol–water partition coefficient (Wildman–Crippen LogP) is 2.18. The summed E-state index contributed by atoms with van der Waals surface area (Å²) in [7, 11) is 1.43. The van der Waals surface area contributed by atoms with Gasteiger partial charge in [0.25, 0.3) is 0 Å². The number of carbonyl (C=O) groups excluding carboxylic acids is 1. The molecule has 0 aliphatic carbocycles. The summed E-state index contributed by atoms with van der Waals surface area (Å²) < 4.78 is 5.83. The Hall–Kier alpha value is -1.07. The maximum absolute atomic E-state index is 11.4. The van der Waals surface area contributed by atoms with Crippen LogP contribution < -0.4 is 10.2 Å². The molecule has 2 rings (SSSR count). The Morgan fingerprint density at radius 2 is 2.21 bits per heavy atom. The monoisotopic (exact) mass is 326 g/mol. The molecule has 0 aromatic heterocycles. The molecular formula is C14H19BrN2O2. The molecule has 0 saturated carbocycles. The highest BCUT2D eigenvalue weighted by Gasteiger charge is 2.26. The number of benzene rings is 1. The molecule has 1 aliphatic heterocycles. The molecule has 1 fully saturated rings. The molecule has 4 nitrogen and oxygen atoms in total. The number of para-hydroxylation sites is 1. The lowest BCUT2D eigenvalue weighted by Crippen LogP contribution is -2.56. The Morgan fingerprint density at radius 3 is 2.89 bits per heavy atom. The van der Waals surface area contributed by atoms with Crippen molar-refractivity contribution >= 4 is 27.6 Å². The second-order valence-electron chi connectivity index (χ2n) is 4.90. The number of esters is 1. The highest BCUT2D eigenvalue weighted by atomic mass is 79.9. The van der Waals surface area contributed by atoms with E-state index in [4.69, 9.17) is 4.74 Å². The highest BCUT2D eigenvalue weighted by molar-refractivity contribution is 9.10. The normalized spacial score (nSPS) is 23.2. The summed E-state index contributed by atoms with van der Waals surface area (Å²) in [5, 5.41) is 3.44. The molecule has 19 heavy (non-hydrogen) atoms. The quantitative estimate of drug-likeness (QED) is 0.864. The smallest absolute Gasteiger partial charge is 0.307 e. The number of hydrogen-bond donors (Lipinski definition) is 1. The summed E-state index contributed by atoms with van der Waals surface area (Å²) >= 11 is 3.58. The van der Waals surface area contributed by atoms with E-state index in [0.717, 1.165) is 17.6 Å². The first-order chi connectivity index (χ1) is 9.10. The molecule has 1 saturated heterocycles. The minimum atomic E-state index is -0.168. The molecule has 0 bridgehead atoms. The fourth-order valence-electron chi connectivity index (χ4n) is 2.49. The third kappa shape index (κ3) is 3.70. The zero-order valence-corrected chi connectivity index (χ0v) is 12.8. The van der Waals surface area contributed by atoms with E-state index >= 15 is 0 Å². The maximum Gasteiger partial charge on any atom is 0.307 e. The van der Waals surface area contributed by atoms with Gasteiger partial charge in [-0.15, -0.1) is 0 Å². The van der Waals surface area contributed by atoms with Crippen LogP contribution in [-0.2, 0) is 9.53 Å². The standard InChI is InChI=1S/C14H19BrN2O2/c1-10-8-17(13-6-4-3-5-12(13)15)9-11(16-10)7-14(18)19-2/h3-6,10-11,16H,7-9H2,1-2H3. The molecule has 0 amide bonds. The molecular weight excluding hydrogens is 308 g/mol. The number of anilines is 1. The number of nitrogens with one attached hydrogen (secondary N) is 1. The zero-order valence-electron chi connectivity index (χ0n) is 11.2. The van der Waals surface area contributed by atoms with Gasteiger partial charge in [-0.3, -0.25) is 4.79 Å². The topological polar surface area (TPSA) is 41.6 Å². The number of carbonyl (C=O) groups is 1. The molecule has 0 spiro atoms. The van der Waals surface area contributed by atoms with Gasteiger partial charge in [0.05, 0.1) is 19.2 Å². The summed E-state index contributed by atoms with van der Waals surface area (Å²) in [5.74, 6) is -0.168. The van der Waals surface area contributed by atoms with Crippen LogP contribution in [-0.4, -0.2) is 38.3 Å². The number of nitrogens with zero attached hydrogens (tertiary/aromatic N) is 1. The first-order valence-electron chi connectivity index (χ1n) is 6.42. The number of ether oxygens (including phenoxy) is 1. The van der Waals surface area contributed by atoms with Crippen molar-refractivity contribution in [2.75, 3.05) is 25.1 Å². The van der Waals surface area contributed by atoms with Crippen LogP contribution in [0.15, 0.2) is 28.7 Å². The Morgan fingerprint density at radius 1 is 1.47 bits per heavy atom. The second-order valence-corrected chi connectivity index (χ2v) is 5.76. The lowest BCUT2D eigenvalue weighted by molar-refractivity contribution is -0.141. The largest absolute Gasteiger partial charge is 0.469 e. The number of halogens is 1. The number of piperazine rings is 1. The first kappa shape index (κ1) is 14.3. The van der Waals surface area contributed by atoms with Gasteiger partial charge in [0.15, 0.2) is 0 Å². The maximum atomic E-state index is 11.4. The highest BCUT2D eigenvalue weighted by Crippen LogP contribution is 2.27. The van der Waals surface area contributed by atoms with Crippen molar-refractivity contribution in [2.45, 2.75) is 25.4 Å². The molecule has 1 heterocycles. The number of rotatable bonds is 3. The van der Waals surface area contributed by atoms with Crippen LogP contribution in [0.1, 0.15) is 13.3 Å². The van der Waals surface area contributed by atoms with Gasteiger partial charge < -0.3 is 15.0 Å². The average Bonchev–Trinajstić information content (AvgIpc) is 2.38. The van der Waals surface area contributed by atoms with Crippen LogP contribution >= 0.6 is 15.9 Å². The average molecular weight is 327 g/mol. The van der Waals surface area contributed by atoms with E-state index in [1.807, 2.05) is 18.2 Å². The molecule has 0 radical (unpaired) electrons. The SMILES string of the molecule is COC(=O)CC1CN(c2ccccc2Br)CC(C)N1. The van der Waals surface area contributed by atoms with E-state index in [1.165, 1.54) is 12.8 Å². The summed E-state index contributed by atoms with van der Waals surface area (Å²) in [6, 6.07) is 8.64. The molecule has 2 atom stereocenters. The fourth-order valence-corrected chi connectivity index (χ4v) is 3.03. The molecule has 1 aromatic carbocycles. The first-order valence-corrected chi connectivity index (χ1v) is 7.21. The van der Waals surface area contributed by atoms with Gasteiger partial charge in [0, 0.05) is 29.6 Å². The Labute approximate surface area is 122 Å². The van der Waals surface area contributed by atoms with Crippen molar-refractivity contribution in [3.63, 3.8) is 0 Å². The van der Waals surface area contributed by atoms with E-state index < -0.39 is 0 Å². The number of hydrogen-bond acceptors (Lipinski definition) is 4. The molecule has 1 aliphatic rings. The summed E-state index contributed by atoms with van der Waals surface area (Å²) in [5.41, 5.74) is 1.17. The minimum Gasteiger partial charge on any atom is -0.469 e. The molecule has 1 N–H and O–H groups in total. The van der Waals surface area contributed by atoms with Gasteiger partial charge >= 0.3 is 5.97 Å². The van der Waals surface area contributed by atoms with Gasteiger partial charge in [-0.25, -0.2) is 0 Å². The van der Waals surface area contributed by atoms with Crippen molar-refractivity contribution < 1.29 is 9.53 Å². The van der Waals surface area contributed by atoms with E-state index in [1.54, 1.807) is 0 Å². The molecule has 104 valence electrons. The molecule has 5 heteroatoms. The lowest BCUT2D eigenvalue weighted by Gasteiger charge is -2.39. The van der Waals surface area contributed by atoms with E-state index in [2.05, 4.69) is 39.1 Å². The predicted molar refractivity (Wildman–Crippen MR) is 79.4 cm³/mol. The Kier molecular flexibility index (Phi) is 4.82. The number of methoxy groups -OCH3 is 1. The van der Waals surface area contributed by atoms with Crippen LogP contribution in [0.2, 0.25) is 0 Å². The minimum absolute atomic E-state index is 0.128. The van der Waals surface area contributed by atoms with Crippen LogP contribution in [0.3, 0.4) is 0 Å². The third-order valence-corrected chi connectivity index (χ3v) is 3.96. The second kappa shape index (κ2) is 6.39. The summed E-state index contributed by atoms with van der Waals surface area (Å²) in [6.07, 6.45) is 0.405. The van der Waals surface area contributed by atoms with Crippen molar-refractivity contribution in [3.05, 3.63) is 28.7 Å². The van der Waals surface area contributed by atoms with Crippen molar-refractivity contribution in [3.8, 4) is 0 Å². The van der Waals surface area contributed by atoms with Crippen molar-refractivity contribution in [1.29, 1.82) is 0 Å².